The number of hydrogen-bond donors (Lipinski definition) is 2. The third-order valence-electron chi connectivity index (χ3n) is 2.53. The van der Waals surface area contributed by atoms with Crippen LogP contribution in [-0.4, -0.2) is 20.7 Å². The van der Waals surface area contributed by atoms with Gasteiger partial charge in [0.05, 0.1) is 13.1 Å². The zero-order chi connectivity index (χ0) is 13.0. The van der Waals surface area contributed by atoms with Crippen molar-refractivity contribution in [3.05, 3.63) is 35.8 Å². The zero-order valence-corrected chi connectivity index (χ0v) is 10.1. The van der Waals surface area contributed by atoms with Crippen LogP contribution in [-0.2, 0) is 19.6 Å². The minimum absolute atomic E-state index is 0.248. The number of hydrogen-bond acceptors (Lipinski definition) is 5. The molecule has 0 unspecified atom stereocenters. The highest BCUT2D eigenvalue weighted by molar-refractivity contribution is 5.91. The molecule has 0 aromatic carbocycles. The van der Waals surface area contributed by atoms with Gasteiger partial charge in [-0.25, -0.2) is 0 Å². The van der Waals surface area contributed by atoms with Crippen LogP contribution >= 0.6 is 0 Å². The second kappa shape index (κ2) is 5.46. The Labute approximate surface area is 104 Å². The number of carbonyl (C=O) groups is 1. The van der Waals surface area contributed by atoms with E-state index in [0.717, 1.165) is 6.54 Å². The van der Waals surface area contributed by atoms with Crippen LogP contribution in [0.2, 0.25) is 0 Å². The monoisotopic (exact) mass is 249 g/mol. The van der Waals surface area contributed by atoms with Crippen LogP contribution < -0.4 is 11.1 Å². The van der Waals surface area contributed by atoms with Crippen molar-refractivity contribution in [2.24, 2.45) is 5.73 Å². The lowest BCUT2D eigenvalue weighted by atomic mass is 10.4. The van der Waals surface area contributed by atoms with Crippen molar-refractivity contribution in [3.8, 4) is 0 Å². The van der Waals surface area contributed by atoms with E-state index in [0.29, 0.717) is 18.1 Å². The Morgan fingerprint density at radius 3 is 3.06 bits per heavy atom. The molecule has 0 saturated heterocycles. The summed E-state index contributed by atoms with van der Waals surface area (Å²) in [4.78, 5) is 11.8. The Morgan fingerprint density at radius 2 is 2.39 bits per heavy atom. The first-order chi connectivity index (χ1) is 8.74. The Bertz CT molecular complexity index is 531. The molecule has 96 valence electrons. The summed E-state index contributed by atoms with van der Waals surface area (Å²) in [5.74, 6) is 1.24. The fourth-order valence-electron chi connectivity index (χ4n) is 1.54. The fraction of sp³-hybridized carbons (Fsp3) is 0.364. The third-order valence-corrected chi connectivity index (χ3v) is 2.53. The van der Waals surface area contributed by atoms with Crippen molar-refractivity contribution < 1.29 is 9.21 Å². The number of aryl methyl sites for hydroxylation is 1. The number of amides is 1. The highest BCUT2D eigenvalue weighted by atomic mass is 16.4. The van der Waals surface area contributed by atoms with Gasteiger partial charge >= 0.3 is 0 Å². The molecule has 2 aromatic rings. The van der Waals surface area contributed by atoms with Gasteiger partial charge in [-0.05, 0) is 19.1 Å². The molecule has 3 N–H and O–H groups in total. The molecule has 0 aliphatic heterocycles. The smallest absolute Gasteiger partial charge is 0.287 e. The van der Waals surface area contributed by atoms with E-state index in [-0.39, 0.29) is 18.2 Å². The molecule has 2 heterocycles. The first-order valence-electron chi connectivity index (χ1n) is 5.68. The molecule has 0 aliphatic rings. The average Bonchev–Trinajstić information content (AvgIpc) is 3.04. The predicted octanol–water partition coefficient (Wildman–Crippen LogP) is 0.280. The Balaban J connectivity index is 1.96. The number of furan rings is 1. The second-order valence-corrected chi connectivity index (χ2v) is 3.69. The molecule has 7 nitrogen and oxygen atoms in total. The van der Waals surface area contributed by atoms with E-state index in [1.54, 1.807) is 18.5 Å². The van der Waals surface area contributed by atoms with Crippen molar-refractivity contribution in [3.63, 3.8) is 0 Å². The van der Waals surface area contributed by atoms with Gasteiger partial charge in [0.15, 0.2) is 11.6 Å². The molecule has 0 fully saturated rings. The van der Waals surface area contributed by atoms with Crippen LogP contribution in [0, 0.1) is 0 Å². The van der Waals surface area contributed by atoms with E-state index in [1.807, 2.05) is 11.5 Å². The Morgan fingerprint density at radius 1 is 1.56 bits per heavy atom. The number of rotatable bonds is 5. The summed E-state index contributed by atoms with van der Waals surface area (Å²) in [7, 11) is 0. The number of nitrogens with two attached hydrogens (primary N) is 1. The summed E-state index contributed by atoms with van der Waals surface area (Å²) < 4.78 is 7.10. The van der Waals surface area contributed by atoms with E-state index in [4.69, 9.17) is 10.2 Å². The molecular formula is C11H15N5O2. The Hall–Kier alpha value is -2.15. The van der Waals surface area contributed by atoms with Crippen LogP contribution in [0.5, 0.6) is 0 Å². The van der Waals surface area contributed by atoms with Crippen LogP contribution in [0.15, 0.2) is 22.9 Å². The van der Waals surface area contributed by atoms with Gasteiger partial charge in [-0.3, -0.25) is 4.79 Å². The van der Waals surface area contributed by atoms with Gasteiger partial charge in [-0.15, -0.1) is 10.2 Å². The standard InChI is InChI=1S/C11H15N5O2/c1-2-16-7-14-15-10(16)6-13-11(17)9-4-3-8(5-12)18-9/h3-4,7H,2,5-6,12H2,1H3,(H,13,17). The molecule has 7 heteroatoms. The predicted molar refractivity (Wildman–Crippen MR) is 63.5 cm³/mol. The summed E-state index contributed by atoms with van der Waals surface area (Å²) in [5.41, 5.74) is 5.41. The normalized spacial score (nSPS) is 10.6. The van der Waals surface area contributed by atoms with E-state index < -0.39 is 0 Å². The average molecular weight is 249 g/mol. The molecule has 0 spiro atoms. The fourth-order valence-corrected chi connectivity index (χ4v) is 1.54. The zero-order valence-electron chi connectivity index (χ0n) is 10.1. The number of nitrogens with one attached hydrogen (secondary N) is 1. The van der Waals surface area contributed by atoms with Crippen molar-refractivity contribution in [1.82, 2.24) is 20.1 Å². The van der Waals surface area contributed by atoms with Gasteiger partial charge in [0, 0.05) is 6.54 Å². The van der Waals surface area contributed by atoms with Crippen LogP contribution in [0.3, 0.4) is 0 Å². The second-order valence-electron chi connectivity index (χ2n) is 3.69. The molecule has 2 aromatic heterocycles. The van der Waals surface area contributed by atoms with Crippen molar-refractivity contribution in [2.75, 3.05) is 0 Å². The summed E-state index contributed by atoms with van der Waals surface area (Å²) in [6.07, 6.45) is 1.63. The number of nitrogens with zero attached hydrogens (tertiary/aromatic N) is 3. The molecule has 1 amide bonds. The topological polar surface area (TPSA) is 99.0 Å². The number of aromatic nitrogens is 3. The van der Waals surface area contributed by atoms with Crippen molar-refractivity contribution >= 4 is 5.91 Å². The van der Waals surface area contributed by atoms with E-state index in [1.165, 1.54) is 0 Å². The first-order valence-corrected chi connectivity index (χ1v) is 5.68. The minimum Gasteiger partial charge on any atom is -0.455 e. The molecule has 0 atom stereocenters. The van der Waals surface area contributed by atoms with Crippen molar-refractivity contribution in [1.29, 1.82) is 0 Å². The maximum absolute atomic E-state index is 11.8. The largest absolute Gasteiger partial charge is 0.455 e. The molecule has 0 radical (unpaired) electrons. The molecule has 0 saturated carbocycles. The van der Waals surface area contributed by atoms with Crippen molar-refractivity contribution in [2.45, 2.75) is 26.6 Å². The van der Waals surface area contributed by atoms with Gasteiger partial charge in [0.2, 0.25) is 0 Å². The quantitative estimate of drug-likeness (QED) is 0.793. The third kappa shape index (κ3) is 2.57. The minimum atomic E-state index is -0.291. The van der Waals surface area contributed by atoms with Crippen LogP contribution in [0.25, 0.3) is 0 Å². The maximum Gasteiger partial charge on any atom is 0.287 e. The molecular weight excluding hydrogens is 234 g/mol. The number of carbonyl (C=O) groups excluding carboxylic acids is 1. The maximum atomic E-state index is 11.8. The molecule has 2 rings (SSSR count). The van der Waals surface area contributed by atoms with Gasteiger partial charge in [-0.2, -0.15) is 0 Å². The highest BCUT2D eigenvalue weighted by Crippen LogP contribution is 2.07. The van der Waals surface area contributed by atoms with Gasteiger partial charge < -0.3 is 20.0 Å². The first kappa shape index (κ1) is 12.3. The lowest BCUT2D eigenvalue weighted by Gasteiger charge is -2.04. The summed E-state index contributed by atoms with van der Waals surface area (Å²) in [6.45, 7) is 3.33. The van der Waals surface area contributed by atoms with Gasteiger partial charge in [0.25, 0.3) is 5.91 Å². The van der Waals surface area contributed by atoms with Crippen LogP contribution in [0.1, 0.15) is 29.1 Å². The highest BCUT2D eigenvalue weighted by Gasteiger charge is 2.11. The Kier molecular flexibility index (Phi) is 3.73. The lowest BCUT2D eigenvalue weighted by molar-refractivity contribution is 0.0920. The molecule has 0 bridgehead atoms. The summed E-state index contributed by atoms with van der Waals surface area (Å²) >= 11 is 0. The molecule has 0 aliphatic carbocycles. The summed E-state index contributed by atoms with van der Waals surface area (Å²) in [6, 6.07) is 3.28. The van der Waals surface area contributed by atoms with Gasteiger partial charge in [0.1, 0.15) is 12.1 Å². The van der Waals surface area contributed by atoms with E-state index in [9.17, 15) is 4.79 Å². The van der Waals surface area contributed by atoms with E-state index in [2.05, 4.69) is 15.5 Å². The summed E-state index contributed by atoms with van der Waals surface area (Å²) in [5, 5.41) is 10.4. The SMILES string of the molecule is CCn1cnnc1CNC(=O)c1ccc(CN)o1. The van der Waals surface area contributed by atoms with Crippen LogP contribution in [0.4, 0.5) is 0 Å². The van der Waals surface area contributed by atoms with E-state index >= 15 is 0 Å². The van der Waals surface area contributed by atoms with Gasteiger partial charge in [-0.1, -0.05) is 0 Å². The molecule has 18 heavy (non-hydrogen) atoms. The lowest BCUT2D eigenvalue weighted by Crippen LogP contribution is -2.24.